The van der Waals surface area contributed by atoms with Crippen molar-refractivity contribution < 1.29 is 4.79 Å². The molecule has 114 valence electrons. The van der Waals surface area contributed by atoms with Crippen LogP contribution in [0.2, 0.25) is 5.15 Å². The number of carbonyl (C=O) groups is 1. The summed E-state index contributed by atoms with van der Waals surface area (Å²) in [4.78, 5) is 25.1. The smallest absolute Gasteiger partial charge is 0.272 e. The van der Waals surface area contributed by atoms with Gasteiger partial charge in [-0.1, -0.05) is 11.6 Å². The number of piperidine rings is 1. The van der Waals surface area contributed by atoms with Gasteiger partial charge in [0.1, 0.15) is 17.2 Å². The molecule has 2 aliphatic rings. The van der Waals surface area contributed by atoms with Gasteiger partial charge in [0, 0.05) is 24.7 Å². The van der Waals surface area contributed by atoms with E-state index >= 15 is 0 Å². The maximum Gasteiger partial charge on any atom is 0.272 e. The van der Waals surface area contributed by atoms with Crippen molar-refractivity contribution >= 4 is 17.5 Å². The first-order valence-electron chi connectivity index (χ1n) is 7.67. The molecular formula is C15H21ClN4O. The Morgan fingerprint density at radius 2 is 1.86 bits per heavy atom. The monoisotopic (exact) mass is 308 g/mol. The highest BCUT2D eigenvalue weighted by Crippen LogP contribution is 2.23. The molecule has 2 aliphatic heterocycles. The molecule has 0 aliphatic carbocycles. The molecule has 5 nitrogen and oxygen atoms in total. The molecule has 21 heavy (non-hydrogen) atoms. The number of hydrogen-bond donors (Lipinski definition) is 0. The molecule has 0 radical (unpaired) electrons. The largest absolute Gasteiger partial charge is 0.337 e. The quantitative estimate of drug-likeness (QED) is 0.786. The zero-order valence-electron chi connectivity index (χ0n) is 12.4. The molecule has 2 saturated heterocycles. The Kier molecular flexibility index (Phi) is 4.40. The molecule has 1 aromatic rings. The third kappa shape index (κ3) is 3.04. The van der Waals surface area contributed by atoms with Gasteiger partial charge in [-0.25, -0.2) is 9.97 Å². The fourth-order valence-electron chi connectivity index (χ4n) is 3.33. The summed E-state index contributed by atoms with van der Waals surface area (Å²) in [5.74, 6) is -0.0170. The lowest BCUT2D eigenvalue weighted by atomic mass is 10.0. The molecule has 1 amide bonds. The van der Waals surface area contributed by atoms with Gasteiger partial charge in [0.15, 0.2) is 0 Å². The topological polar surface area (TPSA) is 49.3 Å². The molecule has 0 aromatic carbocycles. The number of aromatic nitrogens is 2. The lowest BCUT2D eigenvalue weighted by Gasteiger charge is -2.36. The van der Waals surface area contributed by atoms with Crippen molar-refractivity contribution in [2.75, 3.05) is 26.2 Å². The van der Waals surface area contributed by atoms with Gasteiger partial charge in [0.2, 0.25) is 0 Å². The van der Waals surface area contributed by atoms with Crippen molar-refractivity contribution in [2.45, 2.75) is 38.6 Å². The average molecular weight is 309 g/mol. The van der Waals surface area contributed by atoms with Crippen molar-refractivity contribution in [1.82, 2.24) is 19.8 Å². The van der Waals surface area contributed by atoms with Gasteiger partial charge in [0.25, 0.3) is 5.91 Å². The standard InChI is InChI=1S/C15H21ClN4O/c1-11-13(17-10-18-14(11)16)15(21)20-8-4-12(5-9-20)19-6-2-3-7-19/h10,12H,2-9H2,1H3. The number of rotatable bonds is 2. The van der Waals surface area contributed by atoms with Crippen LogP contribution in [0, 0.1) is 6.92 Å². The predicted molar refractivity (Wildman–Crippen MR) is 81.5 cm³/mol. The Hall–Kier alpha value is -1.20. The van der Waals surface area contributed by atoms with Crippen LogP contribution < -0.4 is 0 Å². The van der Waals surface area contributed by atoms with E-state index in [2.05, 4.69) is 14.9 Å². The molecule has 1 aromatic heterocycles. The van der Waals surface area contributed by atoms with Crippen LogP contribution in [-0.4, -0.2) is 57.9 Å². The highest BCUT2D eigenvalue weighted by Gasteiger charge is 2.29. The first-order chi connectivity index (χ1) is 10.2. The molecule has 2 fully saturated rings. The predicted octanol–water partition coefficient (Wildman–Crippen LogP) is 2.14. The van der Waals surface area contributed by atoms with E-state index in [1.54, 1.807) is 6.92 Å². The second-order valence-corrected chi connectivity index (χ2v) is 6.26. The molecule has 3 rings (SSSR count). The van der Waals surface area contributed by atoms with Crippen LogP contribution >= 0.6 is 11.6 Å². The number of hydrogen-bond acceptors (Lipinski definition) is 4. The van der Waals surface area contributed by atoms with Crippen LogP contribution in [0.3, 0.4) is 0 Å². The Morgan fingerprint density at radius 3 is 2.52 bits per heavy atom. The van der Waals surface area contributed by atoms with Crippen molar-refractivity contribution in [1.29, 1.82) is 0 Å². The molecule has 6 heteroatoms. The Labute approximate surface area is 130 Å². The minimum absolute atomic E-state index is 0.0170. The van der Waals surface area contributed by atoms with E-state index < -0.39 is 0 Å². The molecule has 3 heterocycles. The summed E-state index contributed by atoms with van der Waals surface area (Å²) in [6, 6.07) is 0.645. The van der Waals surface area contributed by atoms with E-state index in [4.69, 9.17) is 11.6 Å². The summed E-state index contributed by atoms with van der Waals surface area (Å²) < 4.78 is 0. The zero-order valence-corrected chi connectivity index (χ0v) is 13.1. The Bertz CT molecular complexity index is 522. The van der Waals surface area contributed by atoms with E-state index in [0.29, 0.717) is 22.5 Å². The van der Waals surface area contributed by atoms with E-state index in [1.807, 2.05) is 4.90 Å². The van der Waals surface area contributed by atoms with Crippen molar-refractivity contribution in [2.24, 2.45) is 0 Å². The number of likely N-dealkylation sites (tertiary alicyclic amines) is 2. The first-order valence-corrected chi connectivity index (χ1v) is 8.05. The molecule has 0 spiro atoms. The summed E-state index contributed by atoms with van der Waals surface area (Å²) in [6.45, 7) is 5.85. The molecule has 0 unspecified atom stereocenters. The van der Waals surface area contributed by atoms with Gasteiger partial charge in [-0.3, -0.25) is 4.79 Å². The summed E-state index contributed by atoms with van der Waals surface area (Å²) in [6.07, 6.45) is 6.11. The Morgan fingerprint density at radius 1 is 1.19 bits per heavy atom. The molecule has 0 atom stereocenters. The molecule has 0 saturated carbocycles. The summed E-state index contributed by atoms with van der Waals surface area (Å²) in [5.41, 5.74) is 1.11. The van der Waals surface area contributed by atoms with E-state index in [0.717, 1.165) is 25.9 Å². The Balaban J connectivity index is 1.63. The first kappa shape index (κ1) is 14.7. The maximum atomic E-state index is 12.6. The molecular weight excluding hydrogens is 288 g/mol. The summed E-state index contributed by atoms with van der Waals surface area (Å²) in [5, 5.41) is 0.361. The van der Waals surface area contributed by atoms with E-state index in [1.165, 1.54) is 32.3 Å². The molecule has 0 N–H and O–H groups in total. The highest BCUT2D eigenvalue weighted by atomic mass is 35.5. The number of amides is 1. The van der Waals surface area contributed by atoms with Crippen LogP contribution in [-0.2, 0) is 0 Å². The average Bonchev–Trinajstić information content (AvgIpc) is 3.04. The van der Waals surface area contributed by atoms with Gasteiger partial charge in [-0.15, -0.1) is 0 Å². The van der Waals surface area contributed by atoms with Gasteiger partial charge in [-0.2, -0.15) is 0 Å². The normalized spacial score (nSPS) is 21.0. The van der Waals surface area contributed by atoms with Crippen LogP contribution in [0.4, 0.5) is 0 Å². The highest BCUT2D eigenvalue weighted by molar-refractivity contribution is 6.30. The van der Waals surface area contributed by atoms with Crippen molar-refractivity contribution in [3.05, 3.63) is 22.7 Å². The lowest BCUT2D eigenvalue weighted by molar-refractivity contribution is 0.0638. The molecule has 0 bridgehead atoms. The minimum atomic E-state index is -0.0170. The fourth-order valence-corrected chi connectivity index (χ4v) is 3.47. The van der Waals surface area contributed by atoms with Gasteiger partial charge in [0.05, 0.1) is 0 Å². The van der Waals surface area contributed by atoms with Crippen LogP contribution in [0.5, 0.6) is 0 Å². The van der Waals surface area contributed by atoms with Gasteiger partial charge >= 0.3 is 0 Å². The fraction of sp³-hybridized carbons (Fsp3) is 0.667. The number of nitrogens with zero attached hydrogens (tertiary/aromatic N) is 4. The summed E-state index contributed by atoms with van der Waals surface area (Å²) in [7, 11) is 0. The number of carbonyl (C=O) groups excluding carboxylic acids is 1. The van der Waals surface area contributed by atoms with Crippen LogP contribution in [0.15, 0.2) is 6.33 Å². The lowest BCUT2D eigenvalue weighted by Crippen LogP contribution is -2.46. The minimum Gasteiger partial charge on any atom is -0.337 e. The van der Waals surface area contributed by atoms with Crippen molar-refractivity contribution in [3.63, 3.8) is 0 Å². The van der Waals surface area contributed by atoms with Crippen LogP contribution in [0.25, 0.3) is 0 Å². The van der Waals surface area contributed by atoms with Gasteiger partial charge < -0.3 is 9.80 Å². The zero-order chi connectivity index (χ0) is 14.8. The van der Waals surface area contributed by atoms with Crippen LogP contribution in [0.1, 0.15) is 41.7 Å². The SMILES string of the molecule is Cc1c(Cl)ncnc1C(=O)N1CCC(N2CCCC2)CC1. The second-order valence-electron chi connectivity index (χ2n) is 5.90. The number of halogens is 1. The second kappa shape index (κ2) is 6.28. The third-order valence-corrected chi connectivity index (χ3v) is 5.01. The van der Waals surface area contributed by atoms with E-state index in [-0.39, 0.29) is 5.91 Å². The van der Waals surface area contributed by atoms with Gasteiger partial charge in [-0.05, 0) is 45.7 Å². The summed E-state index contributed by atoms with van der Waals surface area (Å²) >= 11 is 5.98. The van der Waals surface area contributed by atoms with Crippen molar-refractivity contribution in [3.8, 4) is 0 Å². The van der Waals surface area contributed by atoms with E-state index in [9.17, 15) is 4.79 Å². The third-order valence-electron chi connectivity index (χ3n) is 4.63. The maximum absolute atomic E-state index is 12.6.